The molecular weight excluding hydrogens is 216 g/mol. The molecule has 1 aromatic heterocycles. The number of aliphatic carboxylic acids is 1. The molecular formula is C14H15O3-. The van der Waals surface area contributed by atoms with Crippen molar-refractivity contribution in [3.05, 3.63) is 35.6 Å². The fourth-order valence-corrected chi connectivity index (χ4v) is 1.84. The van der Waals surface area contributed by atoms with Crippen molar-refractivity contribution >= 4 is 16.9 Å². The number of carboxylic acid groups (broad SMARTS) is 1. The SMILES string of the molecule is CC(C)(C)c1ccc2occ(CC(=O)[O-])c2c1. The first-order valence-corrected chi connectivity index (χ1v) is 5.58. The van der Waals surface area contributed by atoms with Crippen LogP contribution in [-0.2, 0) is 16.6 Å². The topological polar surface area (TPSA) is 53.3 Å². The zero-order valence-corrected chi connectivity index (χ0v) is 10.2. The van der Waals surface area contributed by atoms with Crippen molar-refractivity contribution in [2.75, 3.05) is 0 Å². The number of rotatable bonds is 2. The maximum atomic E-state index is 10.6. The van der Waals surface area contributed by atoms with Crippen LogP contribution in [0.4, 0.5) is 0 Å². The third kappa shape index (κ3) is 2.33. The van der Waals surface area contributed by atoms with E-state index in [-0.39, 0.29) is 11.8 Å². The quantitative estimate of drug-likeness (QED) is 0.794. The molecule has 90 valence electrons. The number of carbonyl (C=O) groups is 1. The number of furan rings is 1. The normalized spacial score (nSPS) is 11.9. The van der Waals surface area contributed by atoms with E-state index >= 15 is 0 Å². The lowest BCUT2D eigenvalue weighted by Crippen LogP contribution is -2.24. The van der Waals surface area contributed by atoms with Gasteiger partial charge in [0.25, 0.3) is 0 Å². The Bertz CT molecular complexity index is 558. The molecule has 2 aromatic rings. The minimum absolute atomic E-state index is 0.0319. The van der Waals surface area contributed by atoms with E-state index in [1.807, 2.05) is 18.2 Å². The number of hydrogen-bond donors (Lipinski definition) is 0. The smallest absolute Gasteiger partial charge is 0.134 e. The molecule has 0 aliphatic carbocycles. The predicted molar refractivity (Wildman–Crippen MR) is 63.6 cm³/mol. The Morgan fingerprint density at radius 2 is 2.06 bits per heavy atom. The highest BCUT2D eigenvalue weighted by Gasteiger charge is 2.15. The van der Waals surface area contributed by atoms with Crippen molar-refractivity contribution in [2.24, 2.45) is 0 Å². The van der Waals surface area contributed by atoms with Gasteiger partial charge in [-0.25, -0.2) is 0 Å². The summed E-state index contributed by atoms with van der Waals surface area (Å²) < 4.78 is 5.33. The minimum Gasteiger partial charge on any atom is -0.550 e. The Morgan fingerprint density at radius 1 is 1.35 bits per heavy atom. The molecule has 0 aliphatic rings. The van der Waals surface area contributed by atoms with Crippen molar-refractivity contribution in [3.63, 3.8) is 0 Å². The second-order valence-electron chi connectivity index (χ2n) is 5.27. The van der Waals surface area contributed by atoms with Crippen molar-refractivity contribution in [3.8, 4) is 0 Å². The highest BCUT2D eigenvalue weighted by Crippen LogP contribution is 2.29. The summed E-state index contributed by atoms with van der Waals surface area (Å²) in [5.41, 5.74) is 2.58. The molecule has 0 unspecified atom stereocenters. The van der Waals surface area contributed by atoms with Gasteiger partial charge in [-0.1, -0.05) is 26.8 Å². The summed E-state index contributed by atoms with van der Waals surface area (Å²) in [6, 6.07) is 5.89. The number of carbonyl (C=O) groups excluding carboxylic acids is 1. The monoisotopic (exact) mass is 231 g/mol. The largest absolute Gasteiger partial charge is 0.550 e. The second-order valence-corrected chi connectivity index (χ2v) is 5.27. The van der Waals surface area contributed by atoms with Gasteiger partial charge in [-0.3, -0.25) is 0 Å². The lowest BCUT2D eigenvalue weighted by atomic mass is 9.86. The van der Waals surface area contributed by atoms with E-state index in [1.54, 1.807) is 0 Å². The van der Waals surface area contributed by atoms with Crippen LogP contribution in [0.5, 0.6) is 0 Å². The Hall–Kier alpha value is -1.77. The molecule has 0 amide bonds. The molecule has 0 atom stereocenters. The third-order valence-corrected chi connectivity index (χ3v) is 2.85. The fourth-order valence-electron chi connectivity index (χ4n) is 1.84. The van der Waals surface area contributed by atoms with Crippen LogP contribution in [0.1, 0.15) is 31.9 Å². The first kappa shape index (κ1) is 11.7. The maximum absolute atomic E-state index is 10.6. The average molecular weight is 231 g/mol. The van der Waals surface area contributed by atoms with Crippen LogP contribution in [0.2, 0.25) is 0 Å². The molecule has 2 rings (SSSR count). The first-order chi connectivity index (χ1) is 7.88. The summed E-state index contributed by atoms with van der Waals surface area (Å²) in [6.45, 7) is 6.35. The number of fused-ring (bicyclic) bond motifs is 1. The van der Waals surface area contributed by atoms with Gasteiger partial charge < -0.3 is 14.3 Å². The van der Waals surface area contributed by atoms with Crippen LogP contribution >= 0.6 is 0 Å². The Kier molecular flexibility index (Phi) is 2.69. The molecule has 0 N–H and O–H groups in total. The highest BCUT2D eigenvalue weighted by atomic mass is 16.4. The summed E-state index contributed by atoms with van der Waals surface area (Å²) in [5, 5.41) is 11.5. The summed E-state index contributed by atoms with van der Waals surface area (Å²) in [7, 11) is 0. The molecule has 3 nitrogen and oxygen atoms in total. The lowest BCUT2D eigenvalue weighted by Gasteiger charge is -2.18. The summed E-state index contributed by atoms with van der Waals surface area (Å²) in [6.07, 6.45) is 1.38. The van der Waals surface area contributed by atoms with Gasteiger partial charge in [0.2, 0.25) is 0 Å². The average Bonchev–Trinajstić information content (AvgIpc) is 2.59. The standard InChI is InChI=1S/C14H16O3/c1-14(2,3)10-4-5-12-11(7-10)9(8-17-12)6-13(15)16/h4-5,7-8H,6H2,1-3H3,(H,15,16)/p-1. The van der Waals surface area contributed by atoms with Gasteiger partial charge in [0.1, 0.15) is 5.58 Å². The molecule has 0 spiro atoms. The van der Waals surface area contributed by atoms with Gasteiger partial charge >= 0.3 is 0 Å². The minimum atomic E-state index is -1.09. The Balaban J connectivity index is 2.54. The van der Waals surface area contributed by atoms with Gasteiger partial charge in [-0.2, -0.15) is 0 Å². The predicted octanol–water partition coefficient (Wildman–Crippen LogP) is 2.02. The van der Waals surface area contributed by atoms with E-state index in [9.17, 15) is 9.90 Å². The van der Waals surface area contributed by atoms with Gasteiger partial charge in [-0.15, -0.1) is 0 Å². The maximum Gasteiger partial charge on any atom is 0.134 e. The van der Waals surface area contributed by atoms with Crippen LogP contribution in [0, 0.1) is 0 Å². The molecule has 0 saturated heterocycles. The molecule has 0 saturated carbocycles. The molecule has 17 heavy (non-hydrogen) atoms. The molecule has 1 heterocycles. The van der Waals surface area contributed by atoms with Crippen LogP contribution in [0.25, 0.3) is 11.0 Å². The summed E-state index contributed by atoms with van der Waals surface area (Å²) >= 11 is 0. The second kappa shape index (κ2) is 3.91. The van der Waals surface area contributed by atoms with E-state index in [4.69, 9.17) is 4.42 Å². The zero-order valence-electron chi connectivity index (χ0n) is 10.2. The van der Waals surface area contributed by atoms with Crippen LogP contribution in [0.15, 0.2) is 28.9 Å². The number of benzene rings is 1. The van der Waals surface area contributed by atoms with Crippen LogP contribution in [-0.4, -0.2) is 5.97 Å². The molecule has 0 aliphatic heterocycles. The number of hydrogen-bond acceptors (Lipinski definition) is 3. The van der Waals surface area contributed by atoms with Gasteiger partial charge in [0.05, 0.1) is 6.26 Å². The van der Waals surface area contributed by atoms with Gasteiger partial charge in [-0.05, 0) is 23.1 Å². The van der Waals surface area contributed by atoms with E-state index in [1.165, 1.54) is 6.26 Å². The van der Waals surface area contributed by atoms with Crippen molar-refractivity contribution in [1.29, 1.82) is 0 Å². The van der Waals surface area contributed by atoms with Crippen molar-refractivity contribution in [1.82, 2.24) is 0 Å². The summed E-state index contributed by atoms with van der Waals surface area (Å²) in [5.74, 6) is -1.09. The third-order valence-electron chi connectivity index (χ3n) is 2.85. The fraction of sp³-hybridized carbons (Fsp3) is 0.357. The van der Waals surface area contributed by atoms with Crippen molar-refractivity contribution < 1.29 is 14.3 Å². The van der Waals surface area contributed by atoms with E-state index in [0.29, 0.717) is 11.1 Å². The molecule has 1 aromatic carbocycles. The molecule has 0 bridgehead atoms. The van der Waals surface area contributed by atoms with E-state index in [2.05, 4.69) is 20.8 Å². The van der Waals surface area contributed by atoms with Gasteiger partial charge in [0.15, 0.2) is 0 Å². The highest BCUT2D eigenvalue weighted by molar-refractivity contribution is 5.85. The zero-order chi connectivity index (χ0) is 12.6. The lowest BCUT2D eigenvalue weighted by molar-refractivity contribution is -0.304. The van der Waals surface area contributed by atoms with E-state index < -0.39 is 5.97 Å². The van der Waals surface area contributed by atoms with Crippen LogP contribution in [0.3, 0.4) is 0 Å². The Morgan fingerprint density at radius 3 is 2.65 bits per heavy atom. The van der Waals surface area contributed by atoms with Gasteiger partial charge in [0, 0.05) is 23.3 Å². The van der Waals surface area contributed by atoms with E-state index in [0.717, 1.165) is 10.9 Å². The Labute approximate surface area is 100 Å². The first-order valence-electron chi connectivity index (χ1n) is 5.58. The molecule has 0 fully saturated rings. The van der Waals surface area contributed by atoms with Crippen LogP contribution < -0.4 is 5.11 Å². The van der Waals surface area contributed by atoms with Crippen molar-refractivity contribution in [2.45, 2.75) is 32.6 Å². The summed E-state index contributed by atoms with van der Waals surface area (Å²) in [4.78, 5) is 10.6. The molecule has 3 heteroatoms. The molecule has 0 radical (unpaired) electrons. The number of carboxylic acids is 1.